The fraction of sp³-hybridized carbons (Fsp3) is 0.103. The van der Waals surface area contributed by atoms with Crippen molar-refractivity contribution in [3.63, 3.8) is 0 Å². The summed E-state index contributed by atoms with van der Waals surface area (Å²) in [5.74, 6) is 6.11. The van der Waals surface area contributed by atoms with E-state index in [1.165, 1.54) is 46.4 Å². The molecule has 16 N–H and O–H groups in total. The molecule has 1 aliphatic rings. The number of aromatic nitrogens is 24. The van der Waals surface area contributed by atoms with Crippen LogP contribution in [0.3, 0.4) is 0 Å². The Balaban J connectivity index is 0.000000101. The minimum absolute atomic E-state index is 0.0714. The van der Waals surface area contributed by atoms with Crippen molar-refractivity contribution < 1.29 is 5.11 Å². The number of hydrogen-bond acceptors (Lipinski definition) is 27. The maximum atomic E-state index is 11.9. The summed E-state index contributed by atoms with van der Waals surface area (Å²) in [7, 11) is 0. The van der Waals surface area contributed by atoms with Gasteiger partial charge < -0.3 is 52.6 Å². The van der Waals surface area contributed by atoms with E-state index in [4.69, 9.17) is 0 Å². The molecule has 0 atom stereocenters. The van der Waals surface area contributed by atoms with Crippen molar-refractivity contribution in [1.29, 1.82) is 0 Å². The van der Waals surface area contributed by atoms with Crippen LogP contribution in [-0.2, 0) is 13.2 Å². The van der Waals surface area contributed by atoms with Crippen molar-refractivity contribution in [2.45, 2.75) is 73.1 Å². The van der Waals surface area contributed by atoms with Gasteiger partial charge in [-0.05, 0) is 292 Å². The number of anilines is 14. The van der Waals surface area contributed by atoms with E-state index in [1.807, 2.05) is 211 Å². The zero-order chi connectivity index (χ0) is 95.7. The normalized spacial score (nSPS) is 11.7. The number of aryl methyl sites for hydroxylation is 5. The van der Waals surface area contributed by atoms with Crippen molar-refractivity contribution in [3.05, 3.63) is 355 Å². The summed E-state index contributed by atoms with van der Waals surface area (Å²) in [6.07, 6.45) is 19.7. The second kappa shape index (κ2) is 39.8. The van der Waals surface area contributed by atoms with Gasteiger partial charge in [0.1, 0.15) is 44.7 Å². The Hall–Kier alpha value is -19.1. The Morgan fingerprint density at radius 2 is 0.631 bits per heavy atom. The Morgan fingerprint density at radius 1 is 0.305 bits per heavy atom. The van der Waals surface area contributed by atoms with Gasteiger partial charge in [-0.2, -0.15) is 30.6 Å². The minimum Gasteiger partial charge on any atom is -0.390 e. The molecule has 1 aliphatic carbocycles. The largest absolute Gasteiger partial charge is 0.390 e. The standard InChI is InChI=1S/C22H18N6.C19H18N6.2C17H15N5.2C16H13N5O/c1-2-5-15(6-3-1)14-25-21-18-9-8-17(13-16(18)10-12-24-21)26-22-20-19(27-28-22)7-4-11-23-20;1-3-13(4-1)22-18-15-7-6-14(11-12(15)8-10-21-18)23-19-17-16(24-25-19)5-2-9-20-17;2*1-10-8-12-9-13(5-6-14(12)11(2)19-10)20-17-16-15(21-22-17)4-3-7-18-16;1-9-7-10-8-11(4-5-12(10)16(22)18-9)19-15-14-13(20-21-15)3-2-6-17-14;22-9-14-12-4-3-11(8-10(12)5-7-17-14)19-16-15-13(20-21-16)2-1-6-18-15/h1-13H,14H2,(H,24,25)(H2,26,27,28);2,5-11,13H,1,3-4H2,(H,21,22)(H2,23,24,25);2*3-9H,1-2H3,(H2,20,21,22);2-8H,1H3,(H,18,22)(H2,19,20,21);1-8,22H,9H2,(H2,19,20,21). The SMILES string of the molecule is Cc1cc2cc(Nc3n[nH]c4cccnc34)ccc2c(=O)[nH]1.Cc1cc2cc(Nc3n[nH]c4cccnc34)ccc2c(C)n1.Cc1cc2cc(Nc3n[nH]c4cccnc34)ccc2c(C)n1.OCc1nccc2cc(Nc3n[nH]c4cccnc34)ccc12.c1ccc(CNc2nccc3cc(Nc4n[nH]c5cccnc45)ccc23)cc1.c1cnc2c(Nc3ccc4c(NC5CCC5)nccc4c3)n[nH]c2c1. The van der Waals surface area contributed by atoms with E-state index >= 15 is 0 Å². The number of benzene rings is 7. The van der Waals surface area contributed by atoms with Gasteiger partial charge in [0.15, 0.2) is 34.9 Å². The molecule has 26 rings (SSSR count). The smallest absolute Gasteiger partial charge is 0.256 e. The molecule has 0 spiro atoms. The van der Waals surface area contributed by atoms with Crippen LogP contribution in [0, 0.1) is 34.6 Å². The summed E-state index contributed by atoms with van der Waals surface area (Å²) in [4.78, 5) is 63.0. The van der Waals surface area contributed by atoms with Gasteiger partial charge in [0.05, 0.1) is 45.4 Å². The molecule has 692 valence electrons. The lowest BCUT2D eigenvalue weighted by Gasteiger charge is -2.27. The number of H-pyrrole nitrogens is 7. The van der Waals surface area contributed by atoms with E-state index in [0.29, 0.717) is 34.6 Å². The summed E-state index contributed by atoms with van der Waals surface area (Å²) in [6.45, 7) is 10.6. The van der Waals surface area contributed by atoms with E-state index in [-0.39, 0.29) is 12.2 Å². The van der Waals surface area contributed by atoms with E-state index in [1.54, 1.807) is 49.4 Å². The Kier molecular flexibility index (Phi) is 25.0. The highest BCUT2D eigenvalue weighted by Crippen LogP contribution is 2.36. The van der Waals surface area contributed by atoms with Crippen LogP contribution in [0.25, 0.3) is 131 Å². The average Bonchev–Trinajstić information content (AvgIpc) is 1.71. The van der Waals surface area contributed by atoms with Crippen LogP contribution >= 0.6 is 0 Å². The molecule has 0 saturated heterocycles. The predicted molar refractivity (Wildman–Crippen MR) is 561 cm³/mol. The van der Waals surface area contributed by atoms with E-state index < -0.39 is 0 Å². The fourth-order valence-corrected chi connectivity index (χ4v) is 17.0. The number of rotatable bonds is 18. The molecular weight excluding hydrogens is 1770 g/mol. The number of aromatic amines is 7. The number of aliphatic hydroxyl groups is 1. The highest BCUT2D eigenvalue weighted by molar-refractivity contribution is 6.00. The lowest BCUT2D eigenvalue weighted by atomic mass is 9.93. The number of aliphatic hydroxyl groups excluding tert-OH is 1. The first-order valence-electron chi connectivity index (χ1n) is 45.8. The van der Waals surface area contributed by atoms with E-state index in [0.717, 1.165) is 202 Å². The Labute approximate surface area is 803 Å². The van der Waals surface area contributed by atoms with Gasteiger partial charge in [-0.1, -0.05) is 48.5 Å². The molecule has 18 aromatic heterocycles. The lowest BCUT2D eigenvalue weighted by molar-refractivity contribution is 0.278. The van der Waals surface area contributed by atoms with Gasteiger partial charge in [-0.15, -0.1) is 0 Å². The third-order valence-electron chi connectivity index (χ3n) is 24.1. The van der Waals surface area contributed by atoms with Crippen LogP contribution in [0.1, 0.15) is 59.0 Å². The Morgan fingerprint density at radius 3 is 1.00 bits per heavy atom. The third-order valence-corrected chi connectivity index (χ3v) is 24.1. The monoisotopic (exact) mass is 1860 g/mol. The lowest BCUT2D eigenvalue weighted by Crippen LogP contribution is -2.27. The second-order valence-corrected chi connectivity index (χ2v) is 33.9. The number of fused-ring (bicyclic) bond motifs is 12. The molecular formula is C107H92N32O2. The summed E-state index contributed by atoms with van der Waals surface area (Å²) >= 11 is 0. The van der Waals surface area contributed by atoms with Crippen LogP contribution in [0.4, 0.5) is 80.7 Å². The number of pyridine rings is 12. The third kappa shape index (κ3) is 19.8. The first-order chi connectivity index (χ1) is 69.2. The van der Waals surface area contributed by atoms with Gasteiger partial charge in [-0.25, -0.2) is 9.97 Å². The molecule has 1 saturated carbocycles. The molecule has 7 aromatic carbocycles. The molecule has 1 fully saturated rings. The first kappa shape index (κ1) is 88.5. The minimum atomic E-state index is -0.0755. The molecule has 25 aromatic rings. The molecule has 0 radical (unpaired) electrons. The second-order valence-electron chi connectivity index (χ2n) is 33.9. The molecule has 141 heavy (non-hydrogen) atoms. The van der Waals surface area contributed by atoms with Gasteiger partial charge >= 0.3 is 0 Å². The number of hydrogen-bond donors (Lipinski definition) is 16. The summed E-state index contributed by atoms with van der Waals surface area (Å²) < 4.78 is 0. The molecule has 0 aliphatic heterocycles. The Bertz CT molecular complexity index is 8770. The topological polar surface area (TPSA) is 463 Å². The van der Waals surface area contributed by atoms with Crippen molar-refractivity contribution in [2.24, 2.45) is 0 Å². The summed E-state index contributed by atoms with van der Waals surface area (Å²) in [5.41, 5.74) is 22.8. The summed E-state index contributed by atoms with van der Waals surface area (Å²) in [5, 5.41) is 92.4. The fourth-order valence-electron chi connectivity index (χ4n) is 17.0. The molecule has 34 heteroatoms. The quantitative estimate of drug-likeness (QED) is 0.0379. The predicted octanol–water partition coefficient (Wildman–Crippen LogP) is 22.4. The molecule has 0 bridgehead atoms. The highest BCUT2D eigenvalue weighted by atomic mass is 16.3. The van der Waals surface area contributed by atoms with Gasteiger partial charge in [0, 0.05) is 163 Å². The molecule has 34 nitrogen and oxygen atoms in total. The van der Waals surface area contributed by atoms with Crippen molar-refractivity contribution >= 4 is 212 Å². The van der Waals surface area contributed by atoms with Crippen LogP contribution in [0.15, 0.2) is 309 Å². The van der Waals surface area contributed by atoms with E-state index in [2.05, 4.69) is 242 Å². The maximum Gasteiger partial charge on any atom is 0.256 e. The van der Waals surface area contributed by atoms with Crippen LogP contribution in [0.2, 0.25) is 0 Å². The van der Waals surface area contributed by atoms with Crippen molar-refractivity contribution in [1.82, 2.24) is 121 Å². The van der Waals surface area contributed by atoms with Crippen molar-refractivity contribution in [3.8, 4) is 0 Å². The van der Waals surface area contributed by atoms with Crippen LogP contribution in [0.5, 0.6) is 0 Å². The average molecular weight is 1860 g/mol. The summed E-state index contributed by atoms with van der Waals surface area (Å²) in [6, 6.07) is 82.3. The van der Waals surface area contributed by atoms with Crippen LogP contribution < -0.4 is 48.1 Å². The maximum absolute atomic E-state index is 11.9. The van der Waals surface area contributed by atoms with Gasteiger partial charge in [0.2, 0.25) is 0 Å². The highest BCUT2D eigenvalue weighted by Gasteiger charge is 2.21. The number of nitrogens with one attached hydrogen (secondary N) is 15. The van der Waals surface area contributed by atoms with E-state index in [9.17, 15) is 9.90 Å². The van der Waals surface area contributed by atoms with Crippen LogP contribution in [-0.4, -0.2) is 132 Å². The zero-order valence-electron chi connectivity index (χ0n) is 76.9. The molecule has 0 unspecified atom stereocenters. The first-order valence-corrected chi connectivity index (χ1v) is 45.8. The molecule has 18 heterocycles. The van der Waals surface area contributed by atoms with Crippen molar-refractivity contribution in [2.75, 3.05) is 42.5 Å². The van der Waals surface area contributed by atoms with Gasteiger partial charge in [0.25, 0.3) is 5.56 Å². The van der Waals surface area contributed by atoms with Gasteiger partial charge in [-0.3, -0.25) is 80.2 Å². The number of nitrogens with zero attached hydrogens (tertiary/aromatic N) is 17. The zero-order valence-corrected chi connectivity index (χ0v) is 76.9. The molecule has 0 amide bonds.